The van der Waals surface area contributed by atoms with E-state index in [0.717, 1.165) is 67.1 Å². The largest absolute Gasteiger partial charge is 0.338 e. The number of carbonyl (C=O) groups is 1. The van der Waals surface area contributed by atoms with Crippen LogP contribution in [-0.2, 0) is 24.8 Å². The molecule has 162 valence electrons. The maximum Gasteiger partial charge on any atom is 0.219 e. The smallest absolute Gasteiger partial charge is 0.219 e. The maximum atomic E-state index is 12.0. The summed E-state index contributed by atoms with van der Waals surface area (Å²) in [5.74, 6) is 0.987. The molecule has 4 heterocycles. The number of piperidine rings is 1. The molecule has 1 fully saturated rings. The molecule has 1 aromatic carbocycles. The molecule has 8 heteroatoms. The number of aryl methyl sites for hydroxylation is 1. The molecule has 8 nitrogen and oxygen atoms in total. The first kappa shape index (κ1) is 19.8. The van der Waals surface area contributed by atoms with Crippen molar-refractivity contribution in [2.75, 3.05) is 25.0 Å². The van der Waals surface area contributed by atoms with E-state index in [9.17, 15) is 4.79 Å². The van der Waals surface area contributed by atoms with Crippen LogP contribution in [0.4, 0.5) is 11.5 Å². The number of hydrogen-bond acceptors (Lipinski definition) is 5. The third kappa shape index (κ3) is 3.95. The summed E-state index contributed by atoms with van der Waals surface area (Å²) in [5.41, 5.74) is 5.64. The van der Waals surface area contributed by atoms with Gasteiger partial charge in [0.1, 0.15) is 0 Å². The number of hydrogen-bond donors (Lipinski definition) is 2. The normalized spacial score (nSPS) is 16.9. The Hall–Kier alpha value is -3.13. The molecule has 0 saturated carbocycles. The standard InChI is InChI=1S/C23H29N7O/c1-16(31)29-12-9-22-21(15-29)23(27-30(22)20-7-10-24-11-8-20)26-19-5-3-17(4-6-19)18-13-25-28(2)14-18/h3-6,13-14,20,24H,7-12,15H2,1-2H3,(H,26,27). The van der Waals surface area contributed by atoms with Crippen LogP contribution in [0.1, 0.15) is 37.1 Å². The fraction of sp³-hybridized carbons (Fsp3) is 0.435. The van der Waals surface area contributed by atoms with Gasteiger partial charge < -0.3 is 15.5 Å². The van der Waals surface area contributed by atoms with E-state index in [2.05, 4.69) is 44.7 Å². The number of nitrogens with zero attached hydrogens (tertiary/aromatic N) is 5. The first-order valence-corrected chi connectivity index (χ1v) is 11.0. The van der Waals surface area contributed by atoms with Crippen molar-refractivity contribution >= 4 is 17.4 Å². The quantitative estimate of drug-likeness (QED) is 0.680. The van der Waals surface area contributed by atoms with Gasteiger partial charge in [0.05, 0.1) is 18.8 Å². The summed E-state index contributed by atoms with van der Waals surface area (Å²) in [7, 11) is 1.92. The molecule has 0 unspecified atom stereocenters. The van der Waals surface area contributed by atoms with E-state index in [1.165, 1.54) is 5.69 Å². The molecular formula is C23H29N7O. The van der Waals surface area contributed by atoms with E-state index < -0.39 is 0 Å². The summed E-state index contributed by atoms with van der Waals surface area (Å²) < 4.78 is 4.04. The van der Waals surface area contributed by atoms with Gasteiger partial charge in [-0.05, 0) is 43.6 Å². The molecule has 1 saturated heterocycles. The van der Waals surface area contributed by atoms with Gasteiger partial charge in [0.25, 0.3) is 0 Å². The molecule has 2 aliphatic rings. The summed E-state index contributed by atoms with van der Waals surface area (Å²) in [6, 6.07) is 8.75. The molecule has 0 aliphatic carbocycles. The van der Waals surface area contributed by atoms with Crippen molar-refractivity contribution in [1.82, 2.24) is 29.8 Å². The molecule has 0 spiro atoms. The van der Waals surface area contributed by atoms with E-state index in [0.29, 0.717) is 12.6 Å². The predicted octanol–water partition coefficient (Wildman–Crippen LogP) is 2.86. The van der Waals surface area contributed by atoms with Crippen LogP contribution in [0.5, 0.6) is 0 Å². The number of amides is 1. The van der Waals surface area contributed by atoms with Crippen molar-refractivity contribution in [3.63, 3.8) is 0 Å². The van der Waals surface area contributed by atoms with Crippen LogP contribution in [0.3, 0.4) is 0 Å². The number of anilines is 2. The van der Waals surface area contributed by atoms with Gasteiger partial charge in [0.2, 0.25) is 5.91 Å². The van der Waals surface area contributed by atoms with E-state index in [-0.39, 0.29) is 5.91 Å². The molecule has 5 rings (SSSR count). The summed E-state index contributed by atoms with van der Waals surface area (Å²) in [4.78, 5) is 13.9. The predicted molar refractivity (Wildman–Crippen MR) is 120 cm³/mol. The van der Waals surface area contributed by atoms with Gasteiger partial charge in [-0.25, -0.2) is 0 Å². The van der Waals surface area contributed by atoms with Gasteiger partial charge in [-0.3, -0.25) is 14.2 Å². The first-order chi connectivity index (χ1) is 15.1. The zero-order valence-electron chi connectivity index (χ0n) is 18.1. The second-order valence-electron chi connectivity index (χ2n) is 8.50. The van der Waals surface area contributed by atoms with E-state index in [1.807, 2.05) is 29.0 Å². The fourth-order valence-corrected chi connectivity index (χ4v) is 4.62. The van der Waals surface area contributed by atoms with Gasteiger partial charge in [-0.15, -0.1) is 0 Å². The van der Waals surface area contributed by atoms with Gasteiger partial charge in [-0.2, -0.15) is 10.2 Å². The Bertz CT molecular complexity index is 1080. The SMILES string of the molecule is CC(=O)N1CCc2c(c(Nc3ccc(-c4cnn(C)c4)cc3)nn2C2CCNCC2)C1. The molecule has 0 atom stereocenters. The summed E-state index contributed by atoms with van der Waals surface area (Å²) >= 11 is 0. The van der Waals surface area contributed by atoms with Crippen molar-refractivity contribution in [2.24, 2.45) is 7.05 Å². The molecule has 0 bridgehead atoms. The van der Waals surface area contributed by atoms with Gasteiger partial charge >= 0.3 is 0 Å². The number of aromatic nitrogens is 4. The highest BCUT2D eigenvalue weighted by molar-refractivity contribution is 5.74. The van der Waals surface area contributed by atoms with E-state index >= 15 is 0 Å². The highest BCUT2D eigenvalue weighted by Gasteiger charge is 2.29. The van der Waals surface area contributed by atoms with Crippen molar-refractivity contribution in [1.29, 1.82) is 0 Å². The van der Waals surface area contributed by atoms with Gasteiger partial charge in [-0.1, -0.05) is 12.1 Å². The minimum Gasteiger partial charge on any atom is -0.338 e. The average Bonchev–Trinajstić information content (AvgIpc) is 3.38. The molecule has 1 amide bonds. The van der Waals surface area contributed by atoms with Crippen LogP contribution >= 0.6 is 0 Å². The molecule has 2 aromatic heterocycles. The third-order valence-electron chi connectivity index (χ3n) is 6.37. The second-order valence-corrected chi connectivity index (χ2v) is 8.50. The van der Waals surface area contributed by atoms with Crippen LogP contribution in [0.2, 0.25) is 0 Å². The lowest BCUT2D eigenvalue weighted by Gasteiger charge is -2.29. The Kier molecular flexibility index (Phi) is 5.23. The Morgan fingerprint density at radius 1 is 1.16 bits per heavy atom. The Balaban J connectivity index is 1.44. The van der Waals surface area contributed by atoms with Crippen LogP contribution in [-0.4, -0.2) is 50.0 Å². The molecule has 2 N–H and O–H groups in total. The highest BCUT2D eigenvalue weighted by atomic mass is 16.2. The van der Waals surface area contributed by atoms with Crippen molar-refractivity contribution in [2.45, 2.75) is 38.8 Å². The number of benzene rings is 1. The highest BCUT2D eigenvalue weighted by Crippen LogP contribution is 2.33. The van der Waals surface area contributed by atoms with E-state index in [1.54, 1.807) is 6.92 Å². The Morgan fingerprint density at radius 3 is 2.61 bits per heavy atom. The molecular weight excluding hydrogens is 390 g/mol. The lowest BCUT2D eigenvalue weighted by molar-refractivity contribution is -0.129. The fourth-order valence-electron chi connectivity index (χ4n) is 4.62. The third-order valence-corrected chi connectivity index (χ3v) is 6.37. The summed E-state index contributed by atoms with van der Waals surface area (Å²) in [6.45, 7) is 5.07. The molecule has 31 heavy (non-hydrogen) atoms. The first-order valence-electron chi connectivity index (χ1n) is 11.0. The van der Waals surface area contributed by atoms with E-state index in [4.69, 9.17) is 5.10 Å². The topological polar surface area (TPSA) is 80.0 Å². The lowest BCUT2D eigenvalue weighted by atomic mass is 10.0. The number of fused-ring (bicyclic) bond motifs is 1. The van der Waals surface area contributed by atoms with Crippen LogP contribution < -0.4 is 10.6 Å². The monoisotopic (exact) mass is 419 g/mol. The molecule has 0 radical (unpaired) electrons. The minimum atomic E-state index is 0.118. The second kappa shape index (κ2) is 8.19. The Labute approximate surface area is 182 Å². The number of nitrogens with one attached hydrogen (secondary N) is 2. The minimum absolute atomic E-state index is 0.118. The number of carbonyl (C=O) groups excluding carboxylic acids is 1. The average molecular weight is 420 g/mol. The van der Waals surface area contributed by atoms with Crippen LogP contribution in [0, 0.1) is 0 Å². The van der Waals surface area contributed by atoms with Crippen molar-refractivity contribution < 1.29 is 4.79 Å². The molecule has 2 aliphatic heterocycles. The van der Waals surface area contributed by atoms with Crippen molar-refractivity contribution in [3.05, 3.63) is 47.9 Å². The number of rotatable bonds is 4. The van der Waals surface area contributed by atoms with Crippen LogP contribution in [0.15, 0.2) is 36.7 Å². The zero-order chi connectivity index (χ0) is 21.4. The summed E-state index contributed by atoms with van der Waals surface area (Å²) in [5, 5.41) is 16.2. The van der Waals surface area contributed by atoms with Crippen molar-refractivity contribution in [3.8, 4) is 11.1 Å². The lowest BCUT2D eigenvalue weighted by Crippen LogP contribution is -2.36. The van der Waals surface area contributed by atoms with Gasteiger partial charge in [0, 0.05) is 55.6 Å². The van der Waals surface area contributed by atoms with Crippen LogP contribution in [0.25, 0.3) is 11.1 Å². The zero-order valence-corrected chi connectivity index (χ0v) is 18.1. The Morgan fingerprint density at radius 2 is 1.94 bits per heavy atom. The maximum absolute atomic E-state index is 12.0. The summed E-state index contributed by atoms with van der Waals surface area (Å²) in [6.07, 6.45) is 6.91. The molecule has 3 aromatic rings. The van der Waals surface area contributed by atoms with Gasteiger partial charge in [0.15, 0.2) is 5.82 Å².